The Morgan fingerprint density at radius 1 is 0.818 bits per heavy atom. The minimum atomic E-state index is -4.16. The Morgan fingerprint density at radius 2 is 1.33 bits per heavy atom. The summed E-state index contributed by atoms with van der Waals surface area (Å²) in [5.74, 6) is 0.430. The van der Waals surface area contributed by atoms with E-state index in [1.165, 1.54) is 0 Å². The summed E-state index contributed by atoms with van der Waals surface area (Å²) >= 11 is 0. The maximum absolute atomic E-state index is 14.2. The molecular formula is C26H42NaO4PS. The van der Waals surface area contributed by atoms with Crippen LogP contribution in [0.5, 0.6) is 0 Å². The van der Waals surface area contributed by atoms with Crippen molar-refractivity contribution in [3.63, 3.8) is 0 Å². The van der Waals surface area contributed by atoms with Crippen molar-refractivity contribution in [1.29, 1.82) is 0 Å². The molecule has 0 heterocycles. The Morgan fingerprint density at radius 3 is 1.85 bits per heavy atom. The monoisotopic (exact) mass is 504 g/mol. The zero-order chi connectivity index (χ0) is 23.6. The summed E-state index contributed by atoms with van der Waals surface area (Å²) in [6.45, 7) is 8.48. The number of hydrogen-bond acceptors (Lipinski definition) is 4. The summed E-state index contributed by atoms with van der Waals surface area (Å²) in [7, 11) is -7.55. The van der Waals surface area contributed by atoms with Crippen LogP contribution in [0.1, 0.15) is 79.1 Å². The molecule has 0 aliphatic rings. The van der Waals surface area contributed by atoms with Crippen LogP contribution in [0.4, 0.5) is 0 Å². The van der Waals surface area contributed by atoms with Crippen LogP contribution in [-0.2, 0) is 18.7 Å². The van der Waals surface area contributed by atoms with Crippen molar-refractivity contribution in [3.8, 4) is 0 Å². The summed E-state index contributed by atoms with van der Waals surface area (Å²) in [5, 5.41) is 1.44. The first-order valence-electron chi connectivity index (χ1n) is 12.3. The summed E-state index contributed by atoms with van der Waals surface area (Å²) in [5.41, 5.74) is 0. The van der Waals surface area contributed by atoms with Crippen LogP contribution in [0.25, 0.3) is 10.8 Å². The number of rotatable bonds is 15. The molecule has 182 valence electrons. The van der Waals surface area contributed by atoms with Crippen LogP contribution in [0, 0.1) is 11.8 Å². The second-order valence-corrected chi connectivity index (χ2v) is 13.3. The van der Waals surface area contributed by atoms with Gasteiger partial charge in [0.1, 0.15) is 4.90 Å². The molecule has 2 aromatic carbocycles. The normalized spacial score (nSPS) is 15.5. The summed E-state index contributed by atoms with van der Waals surface area (Å²) in [6.07, 6.45) is 8.63. The molecule has 0 saturated heterocycles. The molecule has 2 atom stereocenters. The van der Waals surface area contributed by atoms with Gasteiger partial charge in [-0.1, -0.05) is 103 Å². The predicted octanol–water partition coefficient (Wildman–Crippen LogP) is 7.61. The van der Waals surface area contributed by atoms with Crippen LogP contribution in [0.15, 0.2) is 47.4 Å². The van der Waals surface area contributed by atoms with E-state index in [2.05, 4.69) is 27.7 Å². The van der Waals surface area contributed by atoms with Gasteiger partial charge in [0.15, 0.2) is 0 Å². The Balaban J connectivity index is 0.00000544. The zero-order valence-corrected chi connectivity index (χ0v) is 22.0. The topological polar surface area (TPSA) is 60.4 Å². The molecule has 0 bridgehead atoms. The SMILES string of the molecule is CCCCC(CC)CP(=O)(CC(CC)CCCC)OS(=O)(=O)c1cccc2ccccc12.[NaH]. The Hall–Kier alpha value is -0.160. The first-order chi connectivity index (χ1) is 15.3. The van der Waals surface area contributed by atoms with Crippen molar-refractivity contribution < 1.29 is 17.0 Å². The first kappa shape index (κ1) is 30.9. The van der Waals surface area contributed by atoms with E-state index in [9.17, 15) is 13.0 Å². The van der Waals surface area contributed by atoms with E-state index in [1.54, 1.807) is 18.2 Å². The van der Waals surface area contributed by atoms with Gasteiger partial charge in [-0.05, 0) is 36.1 Å². The van der Waals surface area contributed by atoms with E-state index in [0.29, 0.717) is 17.7 Å². The van der Waals surface area contributed by atoms with Crippen LogP contribution < -0.4 is 0 Å². The Bertz CT molecular complexity index is 965. The molecule has 0 aromatic heterocycles. The van der Waals surface area contributed by atoms with E-state index in [0.717, 1.165) is 56.8 Å². The molecule has 0 amide bonds. The van der Waals surface area contributed by atoms with Gasteiger partial charge < -0.3 is 0 Å². The van der Waals surface area contributed by atoms with Crippen molar-refractivity contribution in [2.75, 3.05) is 12.3 Å². The third-order valence-electron chi connectivity index (χ3n) is 6.41. The number of benzene rings is 2. The minimum absolute atomic E-state index is 0. The predicted molar refractivity (Wildman–Crippen MR) is 143 cm³/mol. The summed E-state index contributed by atoms with van der Waals surface area (Å²) in [4.78, 5) is 0.110. The quantitative estimate of drug-likeness (QED) is 0.185. The van der Waals surface area contributed by atoms with Crippen molar-refractivity contribution in [2.45, 2.75) is 84.0 Å². The molecule has 7 heteroatoms. The third-order valence-corrected chi connectivity index (χ3v) is 11.3. The third kappa shape index (κ3) is 9.43. The van der Waals surface area contributed by atoms with E-state index in [1.807, 2.05) is 24.3 Å². The van der Waals surface area contributed by atoms with Crippen molar-refractivity contribution in [1.82, 2.24) is 0 Å². The number of unbranched alkanes of at least 4 members (excludes halogenated alkanes) is 2. The maximum atomic E-state index is 14.2. The van der Waals surface area contributed by atoms with Crippen LogP contribution >= 0.6 is 7.37 Å². The summed E-state index contributed by atoms with van der Waals surface area (Å²) in [6, 6.07) is 12.5. The van der Waals surface area contributed by atoms with Crippen LogP contribution in [0.3, 0.4) is 0 Å². The van der Waals surface area contributed by atoms with Gasteiger partial charge in [-0.25, -0.2) is 3.97 Å². The molecule has 2 unspecified atom stereocenters. The fraction of sp³-hybridized carbons (Fsp3) is 0.615. The molecular weight excluding hydrogens is 462 g/mol. The molecule has 0 N–H and O–H groups in total. The Labute approximate surface area is 224 Å². The van der Waals surface area contributed by atoms with Gasteiger partial charge in [0, 0.05) is 17.7 Å². The number of hydrogen-bond donors (Lipinski definition) is 0. The van der Waals surface area contributed by atoms with Gasteiger partial charge in [-0.2, -0.15) is 8.42 Å². The van der Waals surface area contributed by atoms with Crippen LogP contribution in [-0.4, -0.2) is 50.3 Å². The van der Waals surface area contributed by atoms with Crippen molar-refractivity contribution >= 4 is 57.8 Å². The van der Waals surface area contributed by atoms with Crippen molar-refractivity contribution in [2.24, 2.45) is 11.8 Å². The van der Waals surface area contributed by atoms with Crippen LogP contribution in [0.2, 0.25) is 0 Å². The molecule has 0 spiro atoms. The molecule has 0 aliphatic heterocycles. The Kier molecular flexibility index (Phi) is 14.1. The molecule has 0 aliphatic carbocycles. The van der Waals surface area contributed by atoms with E-state index in [4.69, 9.17) is 3.97 Å². The van der Waals surface area contributed by atoms with E-state index in [-0.39, 0.29) is 46.3 Å². The van der Waals surface area contributed by atoms with Gasteiger partial charge >= 0.3 is 39.7 Å². The fourth-order valence-electron chi connectivity index (χ4n) is 4.39. The number of fused-ring (bicyclic) bond motifs is 1. The molecule has 0 saturated carbocycles. The molecule has 0 fully saturated rings. The average Bonchev–Trinajstić information content (AvgIpc) is 2.78. The van der Waals surface area contributed by atoms with Gasteiger partial charge in [0.25, 0.3) is 0 Å². The van der Waals surface area contributed by atoms with E-state index >= 15 is 0 Å². The standard InChI is InChI=1S/C26H41O4PS.Na.H/c1-5-9-14-22(7-3)20-31(27,21-23(8-4)15-10-6-2)30-32(28,29)26-19-13-17-24-16-11-12-18-25(24)26;;/h11-13,16-19,22-23H,5-10,14-15,20-21H2,1-4H3;;. The molecule has 2 rings (SSSR count). The first-order valence-corrected chi connectivity index (χ1v) is 15.7. The van der Waals surface area contributed by atoms with Gasteiger partial charge in [0.05, 0.1) is 0 Å². The summed E-state index contributed by atoms with van der Waals surface area (Å²) < 4.78 is 46.8. The molecule has 2 aromatic rings. The van der Waals surface area contributed by atoms with Crippen molar-refractivity contribution in [3.05, 3.63) is 42.5 Å². The van der Waals surface area contributed by atoms with Gasteiger partial charge in [-0.15, -0.1) is 0 Å². The van der Waals surface area contributed by atoms with Gasteiger partial charge in [0.2, 0.25) is 7.37 Å². The zero-order valence-electron chi connectivity index (χ0n) is 20.3. The molecule has 33 heavy (non-hydrogen) atoms. The molecule has 0 radical (unpaired) electrons. The second kappa shape index (κ2) is 15.1. The second-order valence-electron chi connectivity index (χ2n) is 9.02. The molecule has 4 nitrogen and oxygen atoms in total. The average molecular weight is 505 g/mol. The van der Waals surface area contributed by atoms with E-state index < -0.39 is 17.5 Å². The van der Waals surface area contributed by atoms with Gasteiger partial charge in [-0.3, -0.25) is 4.57 Å². The fourth-order valence-corrected chi connectivity index (χ4v) is 9.93.